The minimum atomic E-state index is -0.696. The van der Waals surface area contributed by atoms with Crippen molar-refractivity contribution in [1.82, 2.24) is 10.2 Å². The number of carbonyl (C=O) groups is 2. The number of hydrogen-bond donors (Lipinski definition) is 2. The van der Waals surface area contributed by atoms with Gasteiger partial charge in [-0.2, -0.15) is 0 Å². The average molecular weight is 435 g/mol. The smallest absolute Gasteiger partial charge is 0.325 e. The zero-order chi connectivity index (χ0) is 21.7. The van der Waals surface area contributed by atoms with Crippen molar-refractivity contribution in [3.63, 3.8) is 0 Å². The second-order valence-electron chi connectivity index (χ2n) is 6.57. The van der Waals surface area contributed by atoms with Crippen LogP contribution in [-0.2, 0) is 11.3 Å². The van der Waals surface area contributed by atoms with Crippen molar-refractivity contribution in [3.05, 3.63) is 57.1 Å². The molecule has 0 spiro atoms. The Morgan fingerprint density at radius 1 is 1.17 bits per heavy atom. The predicted octanol–water partition coefficient (Wildman–Crippen LogP) is 2.80. The molecular weight excluding hydrogens is 416 g/mol. The van der Waals surface area contributed by atoms with Gasteiger partial charge in [0.2, 0.25) is 5.91 Å². The highest BCUT2D eigenvalue weighted by Crippen LogP contribution is 2.32. The number of carbonyl (C=O) groups excluding carboxylic acids is 2. The van der Waals surface area contributed by atoms with Crippen molar-refractivity contribution in [2.24, 2.45) is 0 Å². The first kappa shape index (κ1) is 21.3. The molecule has 0 saturated carbocycles. The lowest BCUT2D eigenvalue weighted by Crippen LogP contribution is -2.40. The molecule has 3 rings (SSSR count). The van der Waals surface area contributed by atoms with E-state index in [1.165, 1.54) is 18.2 Å². The molecule has 30 heavy (non-hydrogen) atoms. The van der Waals surface area contributed by atoms with Gasteiger partial charge in [0, 0.05) is 35.5 Å². The van der Waals surface area contributed by atoms with Crippen molar-refractivity contribution in [2.45, 2.75) is 6.54 Å². The molecule has 2 aromatic carbocycles. The Bertz CT molecular complexity index is 983. The molecule has 10 nitrogen and oxygen atoms in total. The lowest BCUT2D eigenvalue weighted by molar-refractivity contribution is -0.384. The van der Waals surface area contributed by atoms with Crippen molar-refractivity contribution < 1.29 is 24.0 Å². The summed E-state index contributed by atoms with van der Waals surface area (Å²) in [6.07, 6.45) is 0. The second-order valence-corrected chi connectivity index (χ2v) is 6.97. The van der Waals surface area contributed by atoms with Gasteiger partial charge in [0.15, 0.2) is 11.5 Å². The first-order valence-corrected chi connectivity index (χ1v) is 9.31. The molecule has 0 bridgehead atoms. The maximum absolute atomic E-state index is 12.1. The SMILES string of the molecule is CN(CC(=O)NC(=O)Nc1ccc2c(c1)OCCO2)Cc1cc([N+](=O)[O-])ccc1Cl. The van der Waals surface area contributed by atoms with Crippen molar-refractivity contribution in [2.75, 3.05) is 32.1 Å². The van der Waals surface area contributed by atoms with Gasteiger partial charge in [0.1, 0.15) is 13.2 Å². The van der Waals surface area contributed by atoms with Crippen LogP contribution in [0.15, 0.2) is 36.4 Å². The highest BCUT2D eigenvalue weighted by Gasteiger charge is 2.16. The Balaban J connectivity index is 1.52. The average Bonchev–Trinajstić information content (AvgIpc) is 2.69. The van der Waals surface area contributed by atoms with Gasteiger partial charge in [-0.3, -0.25) is 25.1 Å². The van der Waals surface area contributed by atoms with Gasteiger partial charge in [0.25, 0.3) is 5.69 Å². The molecule has 11 heteroatoms. The van der Waals surface area contributed by atoms with Gasteiger partial charge in [0.05, 0.1) is 11.5 Å². The maximum Gasteiger partial charge on any atom is 0.325 e. The molecule has 2 aromatic rings. The molecule has 0 fully saturated rings. The molecule has 2 N–H and O–H groups in total. The fraction of sp³-hybridized carbons (Fsp3) is 0.263. The molecule has 3 amide bonds. The van der Waals surface area contributed by atoms with E-state index < -0.39 is 16.9 Å². The van der Waals surface area contributed by atoms with Crippen molar-refractivity contribution in [3.8, 4) is 11.5 Å². The molecule has 0 atom stereocenters. The standard InChI is InChI=1S/C19H19ClN4O6/c1-23(10-12-8-14(24(27)28)3-4-15(12)20)11-18(25)22-19(26)21-13-2-5-16-17(9-13)30-7-6-29-16/h2-5,8-9H,6-7,10-11H2,1H3,(H2,21,22,25,26). The third kappa shape index (κ3) is 5.58. The number of anilines is 1. The molecule has 0 aromatic heterocycles. The van der Waals surface area contributed by atoms with Gasteiger partial charge in [-0.05, 0) is 30.8 Å². The number of halogens is 1. The van der Waals surface area contributed by atoms with E-state index in [-0.39, 0.29) is 18.8 Å². The van der Waals surface area contributed by atoms with Crippen LogP contribution in [0.2, 0.25) is 5.02 Å². The van der Waals surface area contributed by atoms with E-state index in [2.05, 4.69) is 10.6 Å². The Kier molecular flexibility index (Phi) is 6.70. The van der Waals surface area contributed by atoms with Gasteiger partial charge in [-0.1, -0.05) is 11.6 Å². The fourth-order valence-corrected chi connectivity index (χ4v) is 3.01. The number of nitrogens with one attached hydrogen (secondary N) is 2. The van der Waals surface area contributed by atoms with E-state index >= 15 is 0 Å². The Labute approximate surface area is 176 Å². The molecule has 0 radical (unpaired) electrons. The third-order valence-corrected chi connectivity index (χ3v) is 4.52. The van der Waals surface area contributed by atoms with Gasteiger partial charge in [-0.25, -0.2) is 4.79 Å². The summed E-state index contributed by atoms with van der Waals surface area (Å²) in [6, 6.07) is 8.31. The molecule has 0 saturated heterocycles. The number of nitrogens with zero attached hydrogens (tertiary/aromatic N) is 2. The summed E-state index contributed by atoms with van der Waals surface area (Å²) in [6.45, 7) is 0.956. The summed E-state index contributed by atoms with van der Waals surface area (Å²) in [5.41, 5.74) is 0.856. The van der Waals surface area contributed by atoms with Crippen LogP contribution in [0.4, 0.5) is 16.2 Å². The van der Waals surface area contributed by atoms with Crippen LogP contribution < -0.4 is 20.1 Å². The van der Waals surface area contributed by atoms with Crippen LogP contribution in [0, 0.1) is 10.1 Å². The Morgan fingerprint density at radius 2 is 1.90 bits per heavy atom. The summed E-state index contributed by atoms with van der Waals surface area (Å²) in [5, 5.41) is 16.0. The Morgan fingerprint density at radius 3 is 2.63 bits per heavy atom. The number of nitro benzene ring substituents is 1. The van der Waals surface area contributed by atoms with E-state index in [1.54, 1.807) is 30.1 Å². The summed E-state index contributed by atoms with van der Waals surface area (Å²) in [7, 11) is 1.63. The minimum Gasteiger partial charge on any atom is -0.486 e. The number of hydrogen-bond acceptors (Lipinski definition) is 7. The number of non-ortho nitro benzene ring substituents is 1. The largest absolute Gasteiger partial charge is 0.486 e. The van der Waals surface area contributed by atoms with Crippen LogP contribution in [0.25, 0.3) is 0 Å². The monoisotopic (exact) mass is 434 g/mol. The number of likely N-dealkylation sites (N-methyl/N-ethyl adjacent to an activating group) is 1. The number of ether oxygens (including phenoxy) is 2. The number of fused-ring (bicyclic) bond motifs is 1. The third-order valence-electron chi connectivity index (χ3n) is 4.15. The maximum atomic E-state index is 12.1. The topological polar surface area (TPSA) is 123 Å². The molecular formula is C19H19ClN4O6. The summed E-state index contributed by atoms with van der Waals surface area (Å²) < 4.78 is 10.9. The number of urea groups is 1. The van der Waals surface area contributed by atoms with Crippen LogP contribution >= 0.6 is 11.6 Å². The van der Waals surface area contributed by atoms with Gasteiger partial charge in [-0.15, -0.1) is 0 Å². The predicted molar refractivity (Wildman–Crippen MR) is 109 cm³/mol. The first-order chi connectivity index (χ1) is 14.3. The molecule has 0 unspecified atom stereocenters. The lowest BCUT2D eigenvalue weighted by atomic mass is 10.2. The normalized spacial score (nSPS) is 12.4. The zero-order valence-electron chi connectivity index (χ0n) is 16.0. The van der Waals surface area contributed by atoms with Crippen molar-refractivity contribution in [1.29, 1.82) is 0 Å². The zero-order valence-corrected chi connectivity index (χ0v) is 16.8. The molecule has 1 heterocycles. The highest BCUT2D eigenvalue weighted by molar-refractivity contribution is 6.31. The van der Waals surface area contributed by atoms with E-state index in [9.17, 15) is 19.7 Å². The summed E-state index contributed by atoms with van der Waals surface area (Å²) in [4.78, 5) is 36.2. The first-order valence-electron chi connectivity index (χ1n) is 8.93. The lowest BCUT2D eigenvalue weighted by Gasteiger charge is -2.19. The molecule has 1 aliphatic heterocycles. The number of imide groups is 1. The summed E-state index contributed by atoms with van der Waals surface area (Å²) in [5.74, 6) is 0.553. The number of benzene rings is 2. The van der Waals surface area contributed by atoms with Crippen molar-refractivity contribution >= 4 is 34.9 Å². The van der Waals surface area contributed by atoms with Crippen LogP contribution in [0.5, 0.6) is 11.5 Å². The van der Waals surface area contributed by atoms with Crippen LogP contribution in [0.1, 0.15) is 5.56 Å². The minimum absolute atomic E-state index is 0.0916. The van der Waals surface area contributed by atoms with E-state index in [1.807, 2.05) is 0 Å². The fourth-order valence-electron chi connectivity index (χ4n) is 2.84. The number of amides is 3. The molecule has 0 aliphatic carbocycles. The van der Waals surface area contributed by atoms with Gasteiger partial charge >= 0.3 is 6.03 Å². The van der Waals surface area contributed by atoms with Crippen LogP contribution in [-0.4, -0.2) is 48.6 Å². The quantitative estimate of drug-likeness (QED) is 0.529. The van der Waals surface area contributed by atoms with E-state index in [4.69, 9.17) is 21.1 Å². The number of rotatable bonds is 6. The highest BCUT2D eigenvalue weighted by atomic mass is 35.5. The second kappa shape index (κ2) is 9.42. The Hall–Kier alpha value is -3.37. The van der Waals surface area contributed by atoms with Gasteiger partial charge < -0.3 is 14.8 Å². The molecule has 1 aliphatic rings. The molecule has 158 valence electrons. The van der Waals surface area contributed by atoms with E-state index in [0.29, 0.717) is 41.0 Å². The summed E-state index contributed by atoms with van der Waals surface area (Å²) >= 11 is 6.07. The van der Waals surface area contributed by atoms with E-state index in [0.717, 1.165) is 0 Å². The van der Waals surface area contributed by atoms with Crippen LogP contribution in [0.3, 0.4) is 0 Å². The number of nitro groups is 1.